The average Bonchev–Trinajstić information content (AvgIpc) is 3.24. The molecule has 1 amide bonds. The molecule has 2 aromatic carbocycles. The lowest BCUT2D eigenvalue weighted by molar-refractivity contribution is 0.0697. The second-order valence-corrected chi connectivity index (χ2v) is 9.11. The SMILES string of the molecule is Cc1ccccc1C1Nc2ccc(C(=O)N3CCC(C)CC3)cc2C2C=CCC21. The lowest BCUT2D eigenvalue weighted by Crippen LogP contribution is -2.38. The van der Waals surface area contributed by atoms with E-state index in [1.807, 2.05) is 11.0 Å². The van der Waals surface area contributed by atoms with Gasteiger partial charge in [-0.3, -0.25) is 4.79 Å². The zero-order valence-corrected chi connectivity index (χ0v) is 17.4. The molecule has 1 fully saturated rings. The van der Waals surface area contributed by atoms with E-state index in [-0.39, 0.29) is 5.91 Å². The molecule has 5 rings (SSSR count). The first-order valence-electron chi connectivity index (χ1n) is 11.0. The highest BCUT2D eigenvalue weighted by molar-refractivity contribution is 5.95. The smallest absolute Gasteiger partial charge is 0.253 e. The van der Waals surface area contributed by atoms with Crippen LogP contribution in [0.3, 0.4) is 0 Å². The number of likely N-dealkylation sites (tertiary alicyclic amines) is 1. The van der Waals surface area contributed by atoms with Gasteiger partial charge >= 0.3 is 0 Å². The van der Waals surface area contributed by atoms with Crippen LogP contribution in [0.2, 0.25) is 0 Å². The van der Waals surface area contributed by atoms with Crippen LogP contribution in [0.5, 0.6) is 0 Å². The number of anilines is 1. The van der Waals surface area contributed by atoms with Crippen LogP contribution in [-0.2, 0) is 0 Å². The van der Waals surface area contributed by atoms with Crippen molar-refractivity contribution in [2.45, 2.75) is 45.1 Å². The van der Waals surface area contributed by atoms with Gasteiger partial charge in [-0.15, -0.1) is 0 Å². The van der Waals surface area contributed by atoms with Crippen LogP contribution in [0.15, 0.2) is 54.6 Å². The zero-order valence-electron chi connectivity index (χ0n) is 17.4. The number of fused-ring (bicyclic) bond motifs is 3. The van der Waals surface area contributed by atoms with Gasteiger partial charge in [-0.2, -0.15) is 0 Å². The molecule has 0 saturated carbocycles. The number of benzene rings is 2. The molecule has 3 aliphatic rings. The Morgan fingerprint density at radius 2 is 1.86 bits per heavy atom. The Morgan fingerprint density at radius 3 is 2.66 bits per heavy atom. The fourth-order valence-corrected chi connectivity index (χ4v) is 5.37. The maximum atomic E-state index is 13.1. The fourth-order valence-electron chi connectivity index (χ4n) is 5.37. The summed E-state index contributed by atoms with van der Waals surface area (Å²) >= 11 is 0. The number of amides is 1. The molecule has 3 heteroatoms. The van der Waals surface area contributed by atoms with Gasteiger partial charge in [-0.1, -0.05) is 43.3 Å². The van der Waals surface area contributed by atoms with Crippen LogP contribution in [-0.4, -0.2) is 23.9 Å². The molecule has 1 aliphatic carbocycles. The van der Waals surface area contributed by atoms with Crippen molar-refractivity contribution in [2.24, 2.45) is 11.8 Å². The summed E-state index contributed by atoms with van der Waals surface area (Å²) in [7, 11) is 0. The van der Waals surface area contributed by atoms with Crippen molar-refractivity contribution in [3.8, 4) is 0 Å². The van der Waals surface area contributed by atoms with Gasteiger partial charge in [0.25, 0.3) is 5.91 Å². The molecule has 150 valence electrons. The summed E-state index contributed by atoms with van der Waals surface area (Å²) in [5.74, 6) is 1.81. The topological polar surface area (TPSA) is 32.3 Å². The van der Waals surface area contributed by atoms with E-state index in [1.165, 1.54) is 22.4 Å². The van der Waals surface area contributed by atoms with Gasteiger partial charge in [0.05, 0.1) is 6.04 Å². The number of hydrogen-bond acceptors (Lipinski definition) is 2. The Hall–Kier alpha value is -2.55. The van der Waals surface area contributed by atoms with Crippen LogP contribution in [0.25, 0.3) is 0 Å². The minimum atomic E-state index is 0.194. The molecular weight excluding hydrogens is 356 g/mol. The predicted octanol–water partition coefficient (Wildman–Crippen LogP) is 5.69. The lowest BCUT2D eigenvalue weighted by Gasteiger charge is -2.38. The van der Waals surface area contributed by atoms with Crippen LogP contribution in [0.1, 0.15) is 65.2 Å². The van der Waals surface area contributed by atoms with Gasteiger partial charge in [-0.25, -0.2) is 0 Å². The molecule has 3 unspecified atom stereocenters. The molecule has 1 saturated heterocycles. The van der Waals surface area contributed by atoms with Crippen molar-refractivity contribution in [1.82, 2.24) is 4.90 Å². The Kier molecular flexibility index (Phi) is 4.69. The van der Waals surface area contributed by atoms with Gasteiger partial charge in [0.2, 0.25) is 0 Å². The summed E-state index contributed by atoms with van der Waals surface area (Å²) in [4.78, 5) is 15.1. The van der Waals surface area contributed by atoms with Crippen LogP contribution >= 0.6 is 0 Å². The number of carbonyl (C=O) groups is 1. The number of aryl methyl sites for hydroxylation is 1. The van der Waals surface area contributed by atoms with Gasteiger partial charge in [0.15, 0.2) is 0 Å². The maximum absolute atomic E-state index is 13.1. The van der Waals surface area contributed by atoms with Crippen molar-refractivity contribution in [3.05, 3.63) is 76.9 Å². The third-order valence-electron chi connectivity index (χ3n) is 7.20. The van der Waals surface area contributed by atoms with Crippen molar-refractivity contribution < 1.29 is 4.79 Å². The monoisotopic (exact) mass is 386 g/mol. The van der Waals surface area contributed by atoms with Crippen LogP contribution < -0.4 is 5.32 Å². The van der Waals surface area contributed by atoms with Gasteiger partial charge in [0.1, 0.15) is 0 Å². The number of hydrogen-bond donors (Lipinski definition) is 1. The Labute approximate surface area is 173 Å². The van der Waals surface area contributed by atoms with Crippen molar-refractivity contribution in [3.63, 3.8) is 0 Å². The first-order chi connectivity index (χ1) is 14.1. The summed E-state index contributed by atoms with van der Waals surface area (Å²) in [6.45, 7) is 6.25. The minimum absolute atomic E-state index is 0.194. The molecule has 0 spiro atoms. The van der Waals surface area contributed by atoms with Gasteiger partial charge < -0.3 is 10.2 Å². The first-order valence-corrected chi connectivity index (χ1v) is 11.0. The molecule has 0 bridgehead atoms. The molecule has 29 heavy (non-hydrogen) atoms. The number of piperidine rings is 1. The van der Waals surface area contributed by atoms with Crippen molar-refractivity contribution in [1.29, 1.82) is 0 Å². The minimum Gasteiger partial charge on any atom is -0.378 e. The highest BCUT2D eigenvalue weighted by Gasteiger charge is 2.38. The molecule has 3 nitrogen and oxygen atoms in total. The van der Waals surface area contributed by atoms with Gasteiger partial charge in [-0.05, 0) is 72.9 Å². The first kappa shape index (κ1) is 18.5. The average molecular weight is 387 g/mol. The molecule has 2 heterocycles. The summed E-state index contributed by atoms with van der Waals surface area (Å²) in [6, 6.07) is 15.3. The van der Waals surface area contributed by atoms with E-state index in [1.54, 1.807) is 0 Å². The fraction of sp³-hybridized carbons (Fsp3) is 0.423. The van der Waals surface area contributed by atoms with E-state index in [0.29, 0.717) is 17.9 Å². The molecular formula is C26H30N2O. The number of nitrogens with one attached hydrogen (secondary N) is 1. The molecule has 3 atom stereocenters. The number of allylic oxidation sites excluding steroid dienone is 2. The predicted molar refractivity (Wildman–Crippen MR) is 118 cm³/mol. The molecule has 0 aromatic heterocycles. The third kappa shape index (κ3) is 3.27. The number of carbonyl (C=O) groups excluding carboxylic acids is 1. The zero-order chi connectivity index (χ0) is 20.0. The Morgan fingerprint density at radius 1 is 1.07 bits per heavy atom. The summed E-state index contributed by atoms with van der Waals surface area (Å²) in [5, 5.41) is 3.81. The second kappa shape index (κ2) is 7.37. The third-order valence-corrected chi connectivity index (χ3v) is 7.20. The van der Waals surface area contributed by atoms with E-state index in [0.717, 1.165) is 43.8 Å². The van der Waals surface area contributed by atoms with Crippen LogP contribution in [0, 0.1) is 18.8 Å². The number of rotatable bonds is 2. The normalized spacial score (nSPS) is 26.0. The second-order valence-electron chi connectivity index (χ2n) is 9.11. The molecule has 2 aliphatic heterocycles. The highest BCUT2D eigenvalue weighted by atomic mass is 16.2. The summed E-state index contributed by atoms with van der Waals surface area (Å²) in [5.41, 5.74) is 6.03. The Balaban J connectivity index is 1.46. The van der Waals surface area contributed by atoms with Crippen molar-refractivity contribution >= 4 is 11.6 Å². The van der Waals surface area contributed by atoms with Crippen LogP contribution in [0.4, 0.5) is 5.69 Å². The molecule has 0 radical (unpaired) electrons. The summed E-state index contributed by atoms with van der Waals surface area (Å²) < 4.78 is 0. The highest BCUT2D eigenvalue weighted by Crippen LogP contribution is 2.50. The van der Waals surface area contributed by atoms with E-state index < -0.39 is 0 Å². The lowest BCUT2D eigenvalue weighted by atomic mass is 9.76. The standard InChI is InChI=1S/C26H30N2O/c1-17-12-14-28(15-13-17)26(29)19-10-11-24-23(16-19)21-8-5-9-22(21)25(27-24)20-7-4-3-6-18(20)2/h3-8,10-11,16-17,21-22,25,27H,9,12-15H2,1-2H3. The van der Waals surface area contributed by atoms with Gasteiger partial charge in [0, 0.05) is 30.3 Å². The molecule has 2 aromatic rings. The molecule has 1 N–H and O–H groups in total. The Bertz CT molecular complexity index is 955. The largest absolute Gasteiger partial charge is 0.378 e. The van der Waals surface area contributed by atoms with Crippen molar-refractivity contribution in [2.75, 3.05) is 18.4 Å². The van der Waals surface area contributed by atoms with E-state index in [9.17, 15) is 4.79 Å². The van der Waals surface area contributed by atoms with E-state index in [4.69, 9.17) is 0 Å². The maximum Gasteiger partial charge on any atom is 0.253 e. The van der Waals surface area contributed by atoms with E-state index >= 15 is 0 Å². The quantitative estimate of drug-likeness (QED) is 0.672. The summed E-state index contributed by atoms with van der Waals surface area (Å²) in [6.07, 6.45) is 7.98. The number of nitrogens with zero attached hydrogens (tertiary/aromatic N) is 1. The van der Waals surface area contributed by atoms with E-state index in [2.05, 4.69) is 67.7 Å².